The minimum absolute atomic E-state index is 0.299. The lowest BCUT2D eigenvalue weighted by atomic mass is 10.0. The fourth-order valence-corrected chi connectivity index (χ4v) is 2.82. The Morgan fingerprint density at radius 1 is 1.40 bits per heavy atom. The van der Waals surface area contributed by atoms with E-state index in [-0.39, 0.29) is 0 Å². The van der Waals surface area contributed by atoms with Gasteiger partial charge in [-0.05, 0) is 38.7 Å². The molecule has 1 aromatic rings. The minimum Gasteiger partial charge on any atom is -0.389 e. The standard InChI is InChI=1S/C15H25BrN2O2/c1-17-15(13-6-4-5-7-14(13)16)8-9-18(2)10-12(19)11-20-3/h4-7,12,15,17,19H,8-11H2,1-3H3. The Kier molecular flexibility index (Phi) is 8.33. The summed E-state index contributed by atoms with van der Waals surface area (Å²) in [7, 11) is 5.60. The highest BCUT2D eigenvalue weighted by atomic mass is 79.9. The molecule has 2 N–H and O–H groups in total. The van der Waals surface area contributed by atoms with Crippen LogP contribution < -0.4 is 5.32 Å². The average molecular weight is 345 g/mol. The van der Waals surface area contributed by atoms with Crippen molar-refractivity contribution in [1.82, 2.24) is 10.2 Å². The number of hydrogen-bond donors (Lipinski definition) is 2. The molecule has 114 valence electrons. The topological polar surface area (TPSA) is 44.7 Å². The molecule has 1 rings (SSSR count). The van der Waals surface area contributed by atoms with Crippen molar-refractivity contribution < 1.29 is 9.84 Å². The summed E-state index contributed by atoms with van der Waals surface area (Å²) in [6.07, 6.45) is 0.552. The van der Waals surface area contributed by atoms with Crippen molar-refractivity contribution in [3.05, 3.63) is 34.3 Å². The van der Waals surface area contributed by atoms with Crippen LogP contribution in [0.4, 0.5) is 0 Å². The summed E-state index contributed by atoms with van der Waals surface area (Å²) in [5.41, 5.74) is 1.26. The molecule has 20 heavy (non-hydrogen) atoms. The molecule has 0 saturated carbocycles. The van der Waals surface area contributed by atoms with Gasteiger partial charge in [-0.3, -0.25) is 0 Å². The summed E-state index contributed by atoms with van der Waals surface area (Å²) in [6.45, 7) is 1.91. The Hall–Kier alpha value is -0.460. The van der Waals surface area contributed by atoms with Gasteiger partial charge < -0.3 is 20.1 Å². The number of nitrogens with one attached hydrogen (secondary N) is 1. The highest BCUT2D eigenvalue weighted by Crippen LogP contribution is 2.25. The fraction of sp³-hybridized carbons (Fsp3) is 0.600. The number of likely N-dealkylation sites (N-methyl/N-ethyl adjacent to an activating group) is 1. The monoisotopic (exact) mass is 344 g/mol. The van der Waals surface area contributed by atoms with Gasteiger partial charge in [-0.25, -0.2) is 0 Å². The molecule has 0 amide bonds. The summed E-state index contributed by atoms with van der Waals surface area (Å²) in [5, 5.41) is 13.1. The molecule has 2 atom stereocenters. The van der Waals surface area contributed by atoms with Gasteiger partial charge in [0.2, 0.25) is 0 Å². The summed E-state index contributed by atoms with van der Waals surface area (Å²) in [6, 6.07) is 8.56. The number of ether oxygens (including phenoxy) is 1. The van der Waals surface area contributed by atoms with Crippen LogP contribution in [-0.4, -0.2) is 57.0 Å². The highest BCUT2D eigenvalue weighted by molar-refractivity contribution is 9.10. The van der Waals surface area contributed by atoms with Crippen LogP contribution >= 0.6 is 15.9 Å². The molecular formula is C15H25BrN2O2. The predicted molar refractivity (Wildman–Crippen MR) is 85.9 cm³/mol. The number of rotatable bonds is 9. The molecule has 4 nitrogen and oxygen atoms in total. The minimum atomic E-state index is -0.429. The molecule has 0 bridgehead atoms. The normalized spacial score (nSPS) is 14.5. The van der Waals surface area contributed by atoms with Crippen LogP contribution in [0.15, 0.2) is 28.7 Å². The van der Waals surface area contributed by atoms with Crippen LogP contribution in [0.5, 0.6) is 0 Å². The van der Waals surface area contributed by atoms with Gasteiger partial charge in [-0.2, -0.15) is 0 Å². The summed E-state index contributed by atoms with van der Waals surface area (Å²) < 4.78 is 6.07. The van der Waals surface area contributed by atoms with Crippen molar-refractivity contribution in [2.45, 2.75) is 18.6 Å². The summed E-state index contributed by atoms with van der Waals surface area (Å²) in [5.74, 6) is 0. The smallest absolute Gasteiger partial charge is 0.0899 e. The Labute approximate surface area is 130 Å². The first-order valence-corrected chi connectivity index (χ1v) is 7.65. The molecule has 1 aromatic carbocycles. The second-order valence-electron chi connectivity index (χ2n) is 5.02. The van der Waals surface area contributed by atoms with E-state index < -0.39 is 6.10 Å². The fourth-order valence-electron chi connectivity index (χ4n) is 2.26. The van der Waals surface area contributed by atoms with Crippen LogP contribution in [0.1, 0.15) is 18.0 Å². The maximum Gasteiger partial charge on any atom is 0.0899 e. The number of halogens is 1. The molecule has 0 saturated heterocycles. The maximum atomic E-state index is 9.71. The number of aliphatic hydroxyl groups excluding tert-OH is 1. The molecule has 0 spiro atoms. The van der Waals surface area contributed by atoms with Gasteiger partial charge in [-0.15, -0.1) is 0 Å². The van der Waals surface area contributed by atoms with Crippen molar-refractivity contribution in [3.8, 4) is 0 Å². The van der Waals surface area contributed by atoms with E-state index in [9.17, 15) is 5.11 Å². The average Bonchev–Trinajstić information content (AvgIpc) is 2.41. The molecule has 0 aliphatic rings. The molecule has 0 heterocycles. The zero-order chi connectivity index (χ0) is 15.0. The van der Waals surface area contributed by atoms with Gasteiger partial charge in [0.15, 0.2) is 0 Å². The van der Waals surface area contributed by atoms with Crippen molar-refractivity contribution in [2.75, 3.05) is 40.9 Å². The lowest BCUT2D eigenvalue weighted by Gasteiger charge is -2.24. The Morgan fingerprint density at radius 3 is 2.70 bits per heavy atom. The first-order chi connectivity index (χ1) is 9.58. The maximum absolute atomic E-state index is 9.71. The van der Waals surface area contributed by atoms with Gasteiger partial charge in [0.1, 0.15) is 0 Å². The molecular weight excluding hydrogens is 320 g/mol. The summed E-state index contributed by atoms with van der Waals surface area (Å²) >= 11 is 3.60. The molecule has 5 heteroatoms. The van der Waals surface area contributed by atoms with Crippen molar-refractivity contribution in [2.24, 2.45) is 0 Å². The highest BCUT2D eigenvalue weighted by Gasteiger charge is 2.14. The van der Waals surface area contributed by atoms with E-state index in [1.54, 1.807) is 7.11 Å². The van der Waals surface area contributed by atoms with E-state index in [1.807, 2.05) is 20.2 Å². The van der Waals surface area contributed by atoms with E-state index in [4.69, 9.17) is 4.74 Å². The van der Waals surface area contributed by atoms with Crippen molar-refractivity contribution in [1.29, 1.82) is 0 Å². The quantitative estimate of drug-likeness (QED) is 0.719. The zero-order valence-corrected chi connectivity index (χ0v) is 14.1. The zero-order valence-electron chi connectivity index (χ0n) is 12.5. The van der Waals surface area contributed by atoms with E-state index in [2.05, 4.69) is 44.3 Å². The lowest BCUT2D eigenvalue weighted by Crippen LogP contribution is -2.34. The van der Waals surface area contributed by atoms with E-state index in [0.717, 1.165) is 17.4 Å². The number of methoxy groups -OCH3 is 1. The lowest BCUT2D eigenvalue weighted by molar-refractivity contribution is 0.0426. The second-order valence-corrected chi connectivity index (χ2v) is 5.88. The van der Waals surface area contributed by atoms with Crippen molar-refractivity contribution >= 4 is 15.9 Å². The van der Waals surface area contributed by atoms with E-state index in [1.165, 1.54) is 5.56 Å². The third kappa shape index (κ3) is 5.89. The predicted octanol–water partition coefficient (Wildman–Crippen LogP) is 2.04. The van der Waals surface area contributed by atoms with Crippen molar-refractivity contribution in [3.63, 3.8) is 0 Å². The second kappa shape index (κ2) is 9.47. The third-order valence-electron chi connectivity index (χ3n) is 3.31. The Bertz CT molecular complexity index is 390. The van der Waals surface area contributed by atoms with E-state index >= 15 is 0 Å². The Morgan fingerprint density at radius 2 is 2.10 bits per heavy atom. The van der Waals surface area contributed by atoms with Crippen LogP contribution in [0.25, 0.3) is 0 Å². The first kappa shape index (κ1) is 17.6. The Balaban J connectivity index is 2.47. The molecule has 0 aromatic heterocycles. The van der Waals surface area contributed by atoms with E-state index in [0.29, 0.717) is 19.2 Å². The van der Waals surface area contributed by atoms with Gasteiger partial charge in [0.25, 0.3) is 0 Å². The molecule has 0 aliphatic heterocycles. The first-order valence-electron chi connectivity index (χ1n) is 6.85. The number of aliphatic hydroxyl groups is 1. The van der Waals surface area contributed by atoms with Crippen LogP contribution in [-0.2, 0) is 4.74 Å². The largest absolute Gasteiger partial charge is 0.389 e. The number of hydrogen-bond acceptors (Lipinski definition) is 4. The number of nitrogens with zero attached hydrogens (tertiary/aromatic N) is 1. The third-order valence-corrected chi connectivity index (χ3v) is 4.03. The van der Waals surface area contributed by atoms with Gasteiger partial charge in [-0.1, -0.05) is 34.1 Å². The summed E-state index contributed by atoms with van der Waals surface area (Å²) in [4.78, 5) is 2.13. The van der Waals surface area contributed by atoms with Gasteiger partial charge in [0.05, 0.1) is 12.7 Å². The van der Waals surface area contributed by atoms with Crippen LogP contribution in [0.3, 0.4) is 0 Å². The van der Waals surface area contributed by atoms with Gasteiger partial charge in [0, 0.05) is 24.2 Å². The molecule has 0 aliphatic carbocycles. The molecule has 2 unspecified atom stereocenters. The molecule has 0 fully saturated rings. The molecule has 0 radical (unpaired) electrons. The SMILES string of the molecule is CNC(CCN(C)CC(O)COC)c1ccccc1Br. The van der Waals surface area contributed by atoms with Gasteiger partial charge >= 0.3 is 0 Å². The van der Waals surface area contributed by atoms with Crippen LogP contribution in [0, 0.1) is 0 Å². The van der Waals surface area contributed by atoms with Crippen LogP contribution in [0.2, 0.25) is 0 Å². The number of benzene rings is 1.